The predicted octanol–water partition coefficient (Wildman–Crippen LogP) is 3.69. The summed E-state index contributed by atoms with van der Waals surface area (Å²) in [5.41, 5.74) is 1.66. The van der Waals surface area contributed by atoms with Crippen LogP contribution in [-0.2, 0) is 21.4 Å². The van der Waals surface area contributed by atoms with Gasteiger partial charge in [0.05, 0.1) is 15.9 Å². The van der Waals surface area contributed by atoms with Crippen molar-refractivity contribution in [2.75, 3.05) is 18.8 Å². The molecule has 0 saturated carbocycles. The van der Waals surface area contributed by atoms with E-state index < -0.39 is 10.0 Å². The highest BCUT2D eigenvalue weighted by molar-refractivity contribution is 7.99. The number of hydrogen-bond acceptors (Lipinski definition) is 5. The van der Waals surface area contributed by atoms with Crippen LogP contribution in [0.1, 0.15) is 46.0 Å². The number of ketones is 1. The van der Waals surface area contributed by atoms with Gasteiger partial charge in [-0.25, -0.2) is 13.4 Å². The van der Waals surface area contributed by atoms with Crippen LogP contribution in [0, 0.1) is 0 Å². The smallest absolute Gasteiger partial charge is 0.243 e. The van der Waals surface area contributed by atoms with Crippen LogP contribution in [0.3, 0.4) is 0 Å². The van der Waals surface area contributed by atoms with E-state index in [0.717, 1.165) is 48.7 Å². The summed E-state index contributed by atoms with van der Waals surface area (Å²) in [4.78, 5) is 16.1. The maximum atomic E-state index is 12.9. The third-order valence-electron chi connectivity index (χ3n) is 4.86. The van der Waals surface area contributed by atoms with Gasteiger partial charge in [0.25, 0.3) is 0 Å². The number of sulfonamides is 1. The minimum atomic E-state index is -3.45. The lowest BCUT2D eigenvalue weighted by Crippen LogP contribution is -2.35. The fourth-order valence-corrected chi connectivity index (χ4v) is 5.96. The largest absolute Gasteiger partial charge is 0.319 e. The first-order valence-electron chi connectivity index (χ1n) is 9.56. The van der Waals surface area contributed by atoms with Crippen LogP contribution in [0.5, 0.6) is 0 Å². The minimum absolute atomic E-state index is 0.201. The van der Waals surface area contributed by atoms with E-state index in [2.05, 4.69) is 16.5 Å². The number of aryl methyl sites for hydroxylation is 1. The van der Waals surface area contributed by atoms with E-state index >= 15 is 0 Å². The zero-order chi connectivity index (χ0) is 19.4. The van der Waals surface area contributed by atoms with Gasteiger partial charge >= 0.3 is 0 Å². The zero-order valence-corrected chi connectivity index (χ0v) is 17.6. The number of hydrogen-bond donors (Lipinski definition) is 0. The number of rotatable bonds is 8. The second kappa shape index (κ2) is 8.75. The average Bonchev–Trinajstić information content (AvgIpc) is 3.02. The standard InChI is InChI=1S/C19H27N3O3S2/c1-3-22-18-10-9-16(27(24,25)21-11-5-4-6-12-21)14-17(18)20-19(22)26-13-7-8-15(2)23/h9-10,14H,3-8,11-13H2,1-2H3. The average molecular weight is 410 g/mol. The van der Waals surface area contributed by atoms with Crippen molar-refractivity contribution in [3.8, 4) is 0 Å². The molecule has 0 amide bonds. The molecule has 1 aliphatic rings. The van der Waals surface area contributed by atoms with E-state index in [0.29, 0.717) is 29.9 Å². The first kappa shape index (κ1) is 20.4. The summed E-state index contributed by atoms with van der Waals surface area (Å²) in [5.74, 6) is 1.02. The van der Waals surface area contributed by atoms with Crippen molar-refractivity contribution in [2.45, 2.75) is 62.5 Å². The molecule has 2 aromatic rings. The van der Waals surface area contributed by atoms with Crippen LogP contribution in [0.2, 0.25) is 0 Å². The maximum absolute atomic E-state index is 12.9. The highest BCUT2D eigenvalue weighted by atomic mass is 32.2. The summed E-state index contributed by atoms with van der Waals surface area (Å²) in [6, 6.07) is 5.26. The van der Waals surface area contributed by atoms with Gasteiger partial charge in [-0.15, -0.1) is 0 Å². The first-order chi connectivity index (χ1) is 12.9. The molecular formula is C19H27N3O3S2. The fraction of sp³-hybridized carbons (Fsp3) is 0.579. The molecule has 1 aromatic carbocycles. The zero-order valence-electron chi connectivity index (χ0n) is 16.0. The monoisotopic (exact) mass is 409 g/mol. The third kappa shape index (κ3) is 4.55. The van der Waals surface area contributed by atoms with Crippen LogP contribution in [-0.4, -0.2) is 46.9 Å². The highest BCUT2D eigenvalue weighted by Gasteiger charge is 2.26. The Morgan fingerprint density at radius 3 is 2.63 bits per heavy atom. The van der Waals surface area contributed by atoms with Crippen molar-refractivity contribution in [1.82, 2.24) is 13.9 Å². The predicted molar refractivity (Wildman–Crippen MR) is 109 cm³/mol. The lowest BCUT2D eigenvalue weighted by atomic mass is 10.2. The van der Waals surface area contributed by atoms with E-state index in [9.17, 15) is 13.2 Å². The Kier molecular flexibility index (Phi) is 6.60. The molecule has 0 bridgehead atoms. The van der Waals surface area contributed by atoms with Gasteiger partial charge in [0, 0.05) is 31.8 Å². The van der Waals surface area contributed by atoms with Crippen LogP contribution in [0.25, 0.3) is 11.0 Å². The Bertz CT molecular complexity index is 916. The third-order valence-corrected chi connectivity index (χ3v) is 7.82. The van der Waals surface area contributed by atoms with Gasteiger partial charge in [0.1, 0.15) is 5.78 Å². The molecule has 0 N–H and O–H groups in total. The summed E-state index contributed by atoms with van der Waals surface area (Å²) in [6.07, 6.45) is 4.34. The molecule has 8 heteroatoms. The van der Waals surface area contributed by atoms with Crippen molar-refractivity contribution >= 4 is 38.6 Å². The molecule has 6 nitrogen and oxygen atoms in total. The van der Waals surface area contributed by atoms with Gasteiger partial charge in [-0.2, -0.15) is 4.31 Å². The number of piperidine rings is 1. The van der Waals surface area contributed by atoms with Gasteiger partial charge in [-0.1, -0.05) is 18.2 Å². The van der Waals surface area contributed by atoms with Gasteiger partial charge in [-0.3, -0.25) is 0 Å². The first-order valence-corrected chi connectivity index (χ1v) is 12.0. The molecule has 1 aliphatic heterocycles. The summed E-state index contributed by atoms with van der Waals surface area (Å²) in [6.45, 7) is 5.63. The molecule has 1 fully saturated rings. The molecule has 27 heavy (non-hydrogen) atoms. The van der Waals surface area contributed by atoms with E-state index in [1.165, 1.54) is 0 Å². The number of benzene rings is 1. The molecule has 1 saturated heterocycles. The normalized spacial score (nSPS) is 16.1. The lowest BCUT2D eigenvalue weighted by Gasteiger charge is -2.25. The Balaban J connectivity index is 1.85. The molecule has 3 rings (SSSR count). The summed E-state index contributed by atoms with van der Waals surface area (Å²) in [5, 5.41) is 0.878. The van der Waals surface area contributed by atoms with Crippen LogP contribution < -0.4 is 0 Å². The molecule has 0 atom stereocenters. The molecule has 2 heterocycles. The minimum Gasteiger partial charge on any atom is -0.319 e. The number of aromatic nitrogens is 2. The van der Waals surface area contributed by atoms with Crippen LogP contribution in [0.4, 0.5) is 0 Å². The Labute approximate surface area is 165 Å². The van der Waals surface area contributed by atoms with E-state index in [1.807, 2.05) is 6.07 Å². The second-order valence-corrected chi connectivity index (χ2v) is 9.91. The second-order valence-electron chi connectivity index (χ2n) is 6.91. The van der Waals surface area contributed by atoms with E-state index in [-0.39, 0.29) is 5.78 Å². The van der Waals surface area contributed by atoms with Crippen molar-refractivity contribution < 1.29 is 13.2 Å². The van der Waals surface area contributed by atoms with Crippen LogP contribution in [0.15, 0.2) is 28.3 Å². The lowest BCUT2D eigenvalue weighted by molar-refractivity contribution is -0.117. The summed E-state index contributed by atoms with van der Waals surface area (Å²) >= 11 is 1.62. The highest BCUT2D eigenvalue weighted by Crippen LogP contribution is 2.28. The fourth-order valence-electron chi connectivity index (χ4n) is 3.40. The quantitative estimate of drug-likeness (QED) is 0.491. The molecule has 0 radical (unpaired) electrons. The SMILES string of the molecule is CCn1c(SCCCC(C)=O)nc2cc(S(=O)(=O)N3CCCCC3)ccc21. The van der Waals surface area contributed by atoms with Gasteiger partial charge in [0.15, 0.2) is 5.16 Å². The van der Waals surface area contributed by atoms with Crippen LogP contribution >= 0.6 is 11.8 Å². The molecule has 0 spiro atoms. The van der Waals surface area contributed by atoms with Crippen molar-refractivity contribution in [1.29, 1.82) is 0 Å². The summed E-state index contributed by atoms with van der Waals surface area (Å²) < 4.78 is 29.5. The molecule has 0 aliphatic carbocycles. The van der Waals surface area contributed by atoms with E-state index in [1.54, 1.807) is 35.1 Å². The molecule has 148 valence electrons. The van der Waals surface area contributed by atoms with Crippen molar-refractivity contribution in [3.63, 3.8) is 0 Å². The number of carbonyl (C=O) groups excluding carboxylic acids is 1. The topological polar surface area (TPSA) is 72.3 Å². The Morgan fingerprint density at radius 2 is 1.96 bits per heavy atom. The molecule has 1 aromatic heterocycles. The summed E-state index contributed by atoms with van der Waals surface area (Å²) in [7, 11) is -3.45. The number of carbonyl (C=O) groups is 1. The molecular weight excluding hydrogens is 382 g/mol. The number of Topliss-reactive ketones (excluding diaryl/α,β-unsaturated/α-hetero) is 1. The Morgan fingerprint density at radius 1 is 1.22 bits per heavy atom. The number of nitrogens with zero attached hydrogens (tertiary/aromatic N) is 3. The van der Waals surface area contributed by atoms with Gasteiger partial charge in [0.2, 0.25) is 10.0 Å². The Hall–Kier alpha value is -1.38. The number of imidazole rings is 1. The van der Waals surface area contributed by atoms with Gasteiger partial charge < -0.3 is 9.36 Å². The number of fused-ring (bicyclic) bond motifs is 1. The molecule has 0 unspecified atom stereocenters. The van der Waals surface area contributed by atoms with Crippen molar-refractivity contribution in [3.05, 3.63) is 18.2 Å². The maximum Gasteiger partial charge on any atom is 0.243 e. The van der Waals surface area contributed by atoms with E-state index in [4.69, 9.17) is 0 Å². The van der Waals surface area contributed by atoms with Crippen molar-refractivity contribution in [2.24, 2.45) is 0 Å². The van der Waals surface area contributed by atoms with Gasteiger partial charge in [-0.05, 0) is 51.3 Å². The number of thioether (sulfide) groups is 1.